The van der Waals surface area contributed by atoms with Gasteiger partial charge in [0.15, 0.2) is 5.82 Å². The lowest BCUT2D eigenvalue weighted by Gasteiger charge is -2.27. The van der Waals surface area contributed by atoms with E-state index >= 15 is 0 Å². The Morgan fingerprint density at radius 2 is 1.90 bits per heavy atom. The molecule has 2 aromatic heterocycles. The first-order valence-corrected chi connectivity index (χ1v) is 11.0. The highest BCUT2D eigenvalue weighted by Crippen LogP contribution is 2.35. The summed E-state index contributed by atoms with van der Waals surface area (Å²) in [7, 11) is 0. The van der Waals surface area contributed by atoms with Crippen LogP contribution in [0.5, 0.6) is 0 Å². The summed E-state index contributed by atoms with van der Waals surface area (Å²) < 4.78 is 2.06. The monoisotopic (exact) mass is 410 g/mol. The number of fused-ring (bicyclic) bond motifs is 3. The van der Waals surface area contributed by atoms with Gasteiger partial charge in [-0.05, 0) is 37.1 Å². The molecule has 2 saturated heterocycles. The Labute approximate surface area is 181 Å². The van der Waals surface area contributed by atoms with E-state index in [0.717, 1.165) is 35.9 Å². The maximum atomic E-state index is 5.10. The molecule has 2 aliphatic heterocycles. The number of aromatic nitrogens is 3. The number of rotatable bonds is 5. The van der Waals surface area contributed by atoms with Gasteiger partial charge in [0.1, 0.15) is 5.82 Å². The molecule has 0 spiro atoms. The molecule has 0 unspecified atom stereocenters. The summed E-state index contributed by atoms with van der Waals surface area (Å²) in [6.45, 7) is 4.23. The number of pyridine rings is 1. The SMILES string of the molecule is C[C@H](Nc1cc(-n2nc(N3C[C@@H]4C[C@H]3CN4)c3ccccc32)ccn1)c1ccccc1. The Morgan fingerprint density at radius 1 is 1.06 bits per heavy atom. The maximum Gasteiger partial charge on any atom is 0.159 e. The molecule has 0 aliphatic carbocycles. The summed E-state index contributed by atoms with van der Waals surface area (Å²) in [6, 6.07) is 24.4. The van der Waals surface area contributed by atoms with Crippen LogP contribution in [0.3, 0.4) is 0 Å². The van der Waals surface area contributed by atoms with Gasteiger partial charge in [-0.1, -0.05) is 42.5 Å². The van der Waals surface area contributed by atoms with Crippen molar-refractivity contribution in [1.82, 2.24) is 20.1 Å². The van der Waals surface area contributed by atoms with E-state index in [9.17, 15) is 0 Å². The second-order valence-electron chi connectivity index (χ2n) is 8.58. The number of piperazine rings is 1. The van der Waals surface area contributed by atoms with Gasteiger partial charge in [0.2, 0.25) is 0 Å². The molecule has 2 fully saturated rings. The van der Waals surface area contributed by atoms with Crippen molar-refractivity contribution in [2.45, 2.75) is 31.5 Å². The maximum absolute atomic E-state index is 5.10. The molecule has 4 heterocycles. The average Bonchev–Trinajstić information content (AvgIpc) is 3.54. The van der Waals surface area contributed by atoms with Crippen molar-refractivity contribution in [3.8, 4) is 5.69 Å². The van der Waals surface area contributed by atoms with E-state index in [1.54, 1.807) is 0 Å². The van der Waals surface area contributed by atoms with Crippen LogP contribution in [-0.4, -0.2) is 39.9 Å². The summed E-state index contributed by atoms with van der Waals surface area (Å²) in [5, 5.41) is 13.4. The Kier molecular flexibility index (Phi) is 4.39. The highest BCUT2D eigenvalue weighted by atomic mass is 15.4. The Balaban J connectivity index is 1.36. The van der Waals surface area contributed by atoms with Crippen LogP contribution in [-0.2, 0) is 0 Å². The molecule has 4 aromatic rings. The summed E-state index contributed by atoms with van der Waals surface area (Å²) in [6.07, 6.45) is 3.06. The van der Waals surface area contributed by atoms with Gasteiger partial charge < -0.3 is 15.5 Å². The predicted molar refractivity (Wildman–Crippen MR) is 125 cm³/mol. The van der Waals surface area contributed by atoms with Crippen molar-refractivity contribution in [2.24, 2.45) is 0 Å². The molecule has 2 bridgehead atoms. The molecule has 6 rings (SSSR count). The molecule has 2 aliphatic rings. The van der Waals surface area contributed by atoms with E-state index in [4.69, 9.17) is 5.10 Å². The van der Waals surface area contributed by atoms with E-state index in [-0.39, 0.29) is 6.04 Å². The van der Waals surface area contributed by atoms with Gasteiger partial charge in [-0.25, -0.2) is 9.67 Å². The number of anilines is 2. The van der Waals surface area contributed by atoms with Crippen LogP contribution in [0.15, 0.2) is 72.9 Å². The second kappa shape index (κ2) is 7.39. The van der Waals surface area contributed by atoms with Crippen molar-refractivity contribution in [3.63, 3.8) is 0 Å². The molecule has 0 saturated carbocycles. The molecule has 3 atom stereocenters. The Hall–Kier alpha value is -3.38. The summed E-state index contributed by atoms with van der Waals surface area (Å²) in [4.78, 5) is 7.04. The van der Waals surface area contributed by atoms with Crippen molar-refractivity contribution >= 4 is 22.5 Å². The second-order valence-corrected chi connectivity index (χ2v) is 8.58. The van der Waals surface area contributed by atoms with Crippen LogP contribution < -0.4 is 15.5 Å². The minimum atomic E-state index is 0.168. The Bertz CT molecular complexity index is 1220. The average molecular weight is 411 g/mol. The van der Waals surface area contributed by atoms with Gasteiger partial charge in [0.25, 0.3) is 0 Å². The van der Waals surface area contributed by atoms with Gasteiger partial charge >= 0.3 is 0 Å². The van der Waals surface area contributed by atoms with Gasteiger partial charge in [-0.2, -0.15) is 0 Å². The number of benzene rings is 2. The molecule has 2 N–H and O–H groups in total. The van der Waals surface area contributed by atoms with Crippen LogP contribution in [0, 0.1) is 0 Å². The summed E-state index contributed by atoms with van der Waals surface area (Å²) in [5.41, 5.74) is 3.38. The number of para-hydroxylation sites is 1. The third-order valence-electron chi connectivity index (χ3n) is 6.55. The van der Waals surface area contributed by atoms with Gasteiger partial charge in [0.05, 0.1) is 11.2 Å². The lowest BCUT2D eigenvalue weighted by atomic mass is 10.1. The minimum absolute atomic E-state index is 0.168. The van der Waals surface area contributed by atoms with Gasteiger partial charge in [0, 0.05) is 48.9 Å². The fourth-order valence-electron chi connectivity index (χ4n) is 4.96. The Morgan fingerprint density at radius 3 is 2.71 bits per heavy atom. The standard InChI is InChI=1S/C25H26N6/c1-17(18-7-3-2-4-8-18)28-24-14-20(11-12-26-24)31-23-10-6-5-9-22(23)25(29-31)30-16-19-13-21(30)15-27-19/h2-12,14,17,19,21,27H,13,15-16H2,1H3,(H,26,28)/t17-,19-,21-/m0/s1. The minimum Gasteiger partial charge on any atom is -0.363 e. The number of hydrogen-bond acceptors (Lipinski definition) is 5. The molecule has 2 aromatic carbocycles. The number of hydrogen-bond donors (Lipinski definition) is 2. The lowest BCUT2D eigenvalue weighted by molar-refractivity contribution is 0.575. The smallest absolute Gasteiger partial charge is 0.159 e. The predicted octanol–water partition coefficient (Wildman–Crippen LogP) is 4.14. The molecule has 0 radical (unpaired) electrons. The van der Waals surface area contributed by atoms with Crippen LogP contribution in [0.4, 0.5) is 11.6 Å². The zero-order chi connectivity index (χ0) is 20.8. The first-order chi connectivity index (χ1) is 15.3. The van der Waals surface area contributed by atoms with Crippen LogP contribution in [0.2, 0.25) is 0 Å². The number of nitrogens with one attached hydrogen (secondary N) is 2. The quantitative estimate of drug-likeness (QED) is 0.518. The molecule has 6 heteroatoms. The first kappa shape index (κ1) is 18.4. The first-order valence-electron chi connectivity index (χ1n) is 11.0. The van der Waals surface area contributed by atoms with Crippen molar-refractivity contribution in [3.05, 3.63) is 78.5 Å². The molecule has 156 valence electrons. The molecule has 0 amide bonds. The van der Waals surface area contributed by atoms with Crippen molar-refractivity contribution in [2.75, 3.05) is 23.3 Å². The fraction of sp³-hybridized carbons (Fsp3) is 0.280. The van der Waals surface area contributed by atoms with Crippen molar-refractivity contribution in [1.29, 1.82) is 0 Å². The van der Waals surface area contributed by atoms with Gasteiger partial charge in [-0.15, -0.1) is 5.10 Å². The normalized spacial score (nSPS) is 21.0. The van der Waals surface area contributed by atoms with Gasteiger partial charge in [-0.3, -0.25) is 0 Å². The van der Waals surface area contributed by atoms with E-state index < -0.39 is 0 Å². The van der Waals surface area contributed by atoms with Crippen LogP contribution in [0.1, 0.15) is 24.9 Å². The van der Waals surface area contributed by atoms with E-state index in [1.807, 2.05) is 18.3 Å². The number of nitrogens with zero attached hydrogens (tertiary/aromatic N) is 4. The fourth-order valence-corrected chi connectivity index (χ4v) is 4.96. The van der Waals surface area contributed by atoms with E-state index in [0.29, 0.717) is 12.1 Å². The topological polar surface area (TPSA) is 58.0 Å². The summed E-state index contributed by atoms with van der Waals surface area (Å²) >= 11 is 0. The van der Waals surface area contributed by atoms with E-state index in [2.05, 4.69) is 86.7 Å². The third kappa shape index (κ3) is 3.24. The molecular formula is C25H26N6. The third-order valence-corrected chi connectivity index (χ3v) is 6.55. The highest BCUT2D eigenvalue weighted by molar-refractivity contribution is 5.92. The van der Waals surface area contributed by atoms with Crippen LogP contribution in [0.25, 0.3) is 16.6 Å². The highest BCUT2D eigenvalue weighted by Gasteiger charge is 2.39. The van der Waals surface area contributed by atoms with Crippen molar-refractivity contribution < 1.29 is 0 Å². The summed E-state index contributed by atoms with van der Waals surface area (Å²) in [5.74, 6) is 1.94. The molecule has 6 nitrogen and oxygen atoms in total. The largest absolute Gasteiger partial charge is 0.363 e. The van der Waals surface area contributed by atoms with Crippen LogP contribution >= 0.6 is 0 Å². The zero-order valence-corrected chi connectivity index (χ0v) is 17.6. The van der Waals surface area contributed by atoms with E-state index in [1.165, 1.54) is 17.4 Å². The zero-order valence-electron chi connectivity index (χ0n) is 17.6. The lowest BCUT2D eigenvalue weighted by Crippen LogP contribution is -2.43. The molecule has 31 heavy (non-hydrogen) atoms. The molecular weight excluding hydrogens is 384 g/mol.